The summed E-state index contributed by atoms with van der Waals surface area (Å²) in [7, 11) is 0. The summed E-state index contributed by atoms with van der Waals surface area (Å²) in [6, 6.07) is 0. The summed E-state index contributed by atoms with van der Waals surface area (Å²) in [5.74, 6) is 0.761. The number of rotatable bonds is 2. The molecule has 0 amide bonds. The lowest BCUT2D eigenvalue weighted by atomic mass is 10.1. The van der Waals surface area contributed by atoms with Crippen molar-refractivity contribution in [2.24, 2.45) is 5.92 Å². The van der Waals surface area contributed by atoms with Crippen molar-refractivity contribution in [3.63, 3.8) is 0 Å². The van der Waals surface area contributed by atoms with Crippen LogP contribution in [0, 0.1) is 5.92 Å². The highest BCUT2D eigenvalue weighted by atomic mass is 79.9. The minimum Gasteiger partial charge on any atom is -0.316 e. The molecule has 0 spiro atoms. The highest BCUT2D eigenvalue weighted by Crippen LogP contribution is 2.12. The van der Waals surface area contributed by atoms with Crippen molar-refractivity contribution in [2.75, 3.05) is 13.1 Å². The van der Waals surface area contributed by atoms with Crippen molar-refractivity contribution in [3.8, 4) is 0 Å². The second-order valence-electron chi connectivity index (χ2n) is 3.24. The molecule has 2 heterocycles. The predicted molar refractivity (Wildman–Crippen MR) is 50.9 cm³/mol. The van der Waals surface area contributed by atoms with Gasteiger partial charge in [0, 0.05) is 12.7 Å². The molecule has 1 saturated heterocycles. The van der Waals surface area contributed by atoms with Gasteiger partial charge in [-0.2, -0.15) is 5.10 Å². The van der Waals surface area contributed by atoms with Gasteiger partial charge >= 0.3 is 0 Å². The van der Waals surface area contributed by atoms with Gasteiger partial charge in [-0.15, -0.1) is 0 Å². The third-order valence-electron chi connectivity index (χ3n) is 2.21. The second-order valence-corrected chi connectivity index (χ2v) is 4.16. The summed E-state index contributed by atoms with van der Waals surface area (Å²) in [6.07, 6.45) is 5.14. The van der Waals surface area contributed by atoms with Crippen LogP contribution < -0.4 is 5.32 Å². The molecular weight excluding hydrogens is 218 g/mol. The number of hydrogen-bond donors (Lipinski definition) is 1. The summed E-state index contributed by atoms with van der Waals surface area (Å²) in [6.45, 7) is 3.34. The van der Waals surface area contributed by atoms with Gasteiger partial charge in [0.1, 0.15) is 0 Å². The first kappa shape index (κ1) is 8.26. The Hall–Kier alpha value is -0.350. The summed E-state index contributed by atoms with van der Waals surface area (Å²) in [5.41, 5.74) is 0. The molecule has 1 aliphatic rings. The molecule has 0 radical (unpaired) electrons. The quantitative estimate of drug-likeness (QED) is 0.828. The van der Waals surface area contributed by atoms with Crippen LogP contribution in [0.5, 0.6) is 0 Å². The van der Waals surface area contributed by atoms with Crippen molar-refractivity contribution in [2.45, 2.75) is 13.0 Å². The molecule has 1 N–H and O–H groups in total. The smallest absolute Gasteiger partial charge is 0.0632 e. The van der Waals surface area contributed by atoms with E-state index in [1.165, 1.54) is 6.42 Å². The third kappa shape index (κ3) is 1.87. The van der Waals surface area contributed by atoms with E-state index in [0.29, 0.717) is 0 Å². The first-order valence-electron chi connectivity index (χ1n) is 4.23. The predicted octanol–water partition coefficient (Wildman–Crippen LogP) is 1.26. The van der Waals surface area contributed by atoms with Crippen LogP contribution >= 0.6 is 15.9 Å². The topological polar surface area (TPSA) is 29.9 Å². The van der Waals surface area contributed by atoms with E-state index in [-0.39, 0.29) is 0 Å². The van der Waals surface area contributed by atoms with Gasteiger partial charge in [-0.05, 0) is 41.4 Å². The fraction of sp³-hybridized carbons (Fsp3) is 0.625. The molecule has 0 aliphatic carbocycles. The SMILES string of the molecule is Brc1cnn(CC2CCNC2)c1. The largest absolute Gasteiger partial charge is 0.316 e. The zero-order chi connectivity index (χ0) is 8.39. The van der Waals surface area contributed by atoms with Gasteiger partial charge in [0.05, 0.1) is 10.7 Å². The monoisotopic (exact) mass is 229 g/mol. The molecule has 0 saturated carbocycles. The number of nitrogens with one attached hydrogen (secondary N) is 1. The third-order valence-corrected chi connectivity index (χ3v) is 2.62. The van der Waals surface area contributed by atoms with Crippen LogP contribution in [0.4, 0.5) is 0 Å². The first-order chi connectivity index (χ1) is 5.84. The standard InChI is InChI=1S/C8H12BrN3/c9-8-4-11-12(6-8)5-7-1-2-10-3-7/h4,6-7,10H,1-3,5H2. The molecule has 4 heteroatoms. The van der Waals surface area contributed by atoms with Crippen LogP contribution in [-0.2, 0) is 6.54 Å². The lowest BCUT2D eigenvalue weighted by Crippen LogP contribution is -2.14. The molecule has 1 fully saturated rings. The first-order valence-corrected chi connectivity index (χ1v) is 5.02. The fourth-order valence-electron chi connectivity index (χ4n) is 1.57. The maximum absolute atomic E-state index is 4.22. The van der Waals surface area contributed by atoms with Gasteiger partial charge in [0.15, 0.2) is 0 Å². The van der Waals surface area contributed by atoms with Crippen molar-refractivity contribution >= 4 is 15.9 Å². The highest BCUT2D eigenvalue weighted by molar-refractivity contribution is 9.10. The van der Waals surface area contributed by atoms with Crippen molar-refractivity contribution in [1.82, 2.24) is 15.1 Å². The van der Waals surface area contributed by atoms with Crippen LogP contribution in [0.2, 0.25) is 0 Å². The zero-order valence-corrected chi connectivity index (χ0v) is 8.42. The molecule has 12 heavy (non-hydrogen) atoms. The van der Waals surface area contributed by atoms with Crippen LogP contribution in [0.3, 0.4) is 0 Å². The normalized spacial score (nSPS) is 23.2. The van der Waals surface area contributed by atoms with Crippen LogP contribution in [0.25, 0.3) is 0 Å². The number of aromatic nitrogens is 2. The van der Waals surface area contributed by atoms with Gasteiger partial charge in [0.25, 0.3) is 0 Å². The molecule has 1 aromatic heterocycles. The molecule has 1 atom stereocenters. The summed E-state index contributed by atoms with van der Waals surface area (Å²) in [5, 5.41) is 7.57. The Morgan fingerprint density at radius 3 is 3.25 bits per heavy atom. The molecule has 0 aromatic carbocycles. The zero-order valence-electron chi connectivity index (χ0n) is 6.83. The maximum atomic E-state index is 4.22. The Bertz CT molecular complexity index is 253. The highest BCUT2D eigenvalue weighted by Gasteiger charge is 2.14. The minimum atomic E-state index is 0.761. The van der Waals surface area contributed by atoms with Crippen LogP contribution in [0.1, 0.15) is 6.42 Å². The van der Waals surface area contributed by atoms with Gasteiger partial charge < -0.3 is 5.32 Å². The Balaban J connectivity index is 1.94. The average Bonchev–Trinajstić information content (AvgIpc) is 2.63. The van der Waals surface area contributed by atoms with E-state index in [1.54, 1.807) is 0 Å². The van der Waals surface area contributed by atoms with Gasteiger partial charge in [0.2, 0.25) is 0 Å². The average molecular weight is 230 g/mol. The van der Waals surface area contributed by atoms with Crippen molar-refractivity contribution in [3.05, 3.63) is 16.9 Å². The summed E-state index contributed by atoms with van der Waals surface area (Å²) in [4.78, 5) is 0. The molecule has 1 aliphatic heterocycles. The van der Waals surface area contributed by atoms with Crippen molar-refractivity contribution < 1.29 is 0 Å². The molecule has 0 bridgehead atoms. The Morgan fingerprint density at radius 2 is 2.67 bits per heavy atom. The molecular formula is C8H12BrN3. The lowest BCUT2D eigenvalue weighted by molar-refractivity contribution is 0.449. The minimum absolute atomic E-state index is 0.761. The number of hydrogen-bond acceptors (Lipinski definition) is 2. The van der Waals surface area contributed by atoms with Gasteiger partial charge in [-0.3, -0.25) is 4.68 Å². The number of nitrogens with zero attached hydrogens (tertiary/aromatic N) is 2. The van der Waals surface area contributed by atoms with E-state index in [4.69, 9.17) is 0 Å². The molecule has 3 nitrogen and oxygen atoms in total. The van der Waals surface area contributed by atoms with Gasteiger partial charge in [-0.1, -0.05) is 0 Å². The van der Waals surface area contributed by atoms with E-state index >= 15 is 0 Å². The van der Waals surface area contributed by atoms with Gasteiger partial charge in [-0.25, -0.2) is 0 Å². The second kappa shape index (κ2) is 3.58. The Labute approximate surface area is 80.3 Å². The molecule has 1 aromatic rings. The summed E-state index contributed by atoms with van der Waals surface area (Å²) >= 11 is 3.38. The molecule has 1 unspecified atom stereocenters. The summed E-state index contributed by atoms with van der Waals surface area (Å²) < 4.78 is 3.07. The van der Waals surface area contributed by atoms with E-state index in [2.05, 4.69) is 26.3 Å². The van der Waals surface area contributed by atoms with E-state index in [1.807, 2.05) is 17.1 Å². The maximum Gasteiger partial charge on any atom is 0.0632 e. The number of halogens is 1. The van der Waals surface area contributed by atoms with E-state index < -0.39 is 0 Å². The van der Waals surface area contributed by atoms with Crippen LogP contribution in [-0.4, -0.2) is 22.9 Å². The Kier molecular flexibility index (Phi) is 2.46. The van der Waals surface area contributed by atoms with Crippen molar-refractivity contribution in [1.29, 1.82) is 0 Å². The van der Waals surface area contributed by atoms with E-state index in [9.17, 15) is 0 Å². The molecule has 2 rings (SSSR count). The molecule has 66 valence electrons. The fourth-order valence-corrected chi connectivity index (χ4v) is 1.90. The van der Waals surface area contributed by atoms with Crippen LogP contribution in [0.15, 0.2) is 16.9 Å². The lowest BCUT2D eigenvalue weighted by Gasteiger charge is -2.06. The van der Waals surface area contributed by atoms with E-state index in [0.717, 1.165) is 30.0 Å². The Morgan fingerprint density at radius 1 is 1.75 bits per heavy atom.